The van der Waals surface area contributed by atoms with Gasteiger partial charge in [-0.15, -0.1) is 0 Å². The van der Waals surface area contributed by atoms with Crippen LogP contribution >= 0.6 is 0 Å². The second-order valence-electron chi connectivity index (χ2n) is 4.66. The van der Waals surface area contributed by atoms with Crippen LogP contribution in [0.3, 0.4) is 0 Å². The van der Waals surface area contributed by atoms with Gasteiger partial charge >= 0.3 is 0 Å². The van der Waals surface area contributed by atoms with E-state index in [0.29, 0.717) is 6.54 Å². The van der Waals surface area contributed by atoms with Crippen molar-refractivity contribution in [1.82, 2.24) is 5.48 Å². The Balaban J connectivity index is 2.02. The zero-order valence-electron chi connectivity index (χ0n) is 11.7. The van der Waals surface area contributed by atoms with E-state index in [2.05, 4.69) is 5.32 Å². The number of nitrogens with one attached hydrogen (secondary N) is 2. The third-order valence-corrected chi connectivity index (χ3v) is 4.63. The molecule has 1 amide bonds. The highest BCUT2D eigenvalue weighted by atomic mass is 32.2. The van der Waals surface area contributed by atoms with Gasteiger partial charge in [-0.25, -0.2) is 13.9 Å². The maximum atomic E-state index is 11.9. The Kier molecular flexibility index (Phi) is 5.13. The van der Waals surface area contributed by atoms with Crippen molar-refractivity contribution in [2.75, 3.05) is 11.1 Å². The van der Waals surface area contributed by atoms with E-state index in [1.165, 1.54) is 17.6 Å². The lowest BCUT2D eigenvalue weighted by atomic mass is 10.2. The van der Waals surface area contributed by atoms with Gasteiger partial charge in [-0.2, -0.15) is 0 Å². The third kappa shape index (κ3) is 4.31. The third-order valence-electron chi connectivity index (χ3n) is 3.00. The fourth-order valence-electron chi connectivity index (χ4n) is 1.87. The van der Waals surface area contributed by atoms with Crippen molar-refractivity contribution < 1.29 is 18.4 Å². The molecule has 0 unspecified atom stereocenters. The Labute approximate surface area is 128 Å². The van der Waals surface area contributed by atoms with Gasteiger partial charge in [0.2, 0.25) is 0 Å². The Bertz CT molecular complexity index is 728. The molecule has 0 atom stereocenters. The van der Waals surface area contributed by atoms with Crippen LogP contribution in [0.2, 0.25) is 0 Å². The van der Waals surface area contributed by atoms with E-state index in [0.717, 1.165) is 11.3 Å². The number of rotatable bonds is 6. The van der Waals surface area contributed by atoms with Gasteiger partial charge in [-0.05, 0) is 29.8 Å². The predicted molar refractivity (Wildman–Crippen MR) is 82.2 cm³/mol. The molecule has 0 heterocycles. The lowest BCUT2D eigenvalue weighted by molar-refractivity contribution is -0.126. The van der Waals surface area contributed by atoms with Crippen molar-refractivity contribution in [3.63, 3.8) is 0 Å². The molecule has 6 nitrogen and oxygen atoms in total. The summed E-state index contributed by atoms with van der Waals surface area (Å²) in [6.07, 6.45) is 0. The van der Waals surface area contributed by atoms with Crippen LogP contribution in [-0.4, -0.2) is 25.3 Å². The van der Waals surface area contributed by atoms with Crippen molar-refractivity contribution in [2.45, 2.75) is 11.4 Å². The summed E-state index contributed by atoms with van der Waals surface area (Å²) >= 11 is 0. The molecular weight excluding hydrogens is 304 g/mol. The number of anilines is 1. The zero-order valence-corrected chi connectivity index (χ0v) is 12.5. The zero-order chi connectivity index (χ0) is 16.0. The van der Waals surface area contributed by atoms with E-state index in [1.54, 1.807) is 12.1 Å². The minimum absolute atomic E-state index is 0.0290. The Hall–Kier alpha value is -2.38. The minimum atomic E-state index is -3.76. The van der Waals surface area contributed by atoms with Gasteiger partial charge in [-0.3, -0.25) is 10.0 Å². The molecule has 2 aromatic carbocycles. The average Bonchev–Trinajstić information content (AvgIpc) is 2.54. The highest BCUT2D eigenvalue weighted by Gasteiger charge is 2.18. The monoisotopic (exact) mass is 320 g/mol. The molecule has 116 valence electrons. The van der Waals surface area contributed by atoms with Crippen molar-refractivity contribution >= 4 is 21.4 Å². The van der Waals surface area contributed by atoms with Crippen LogP contribution in [0.1, 0.15) is 5.56 Å². The molecule has 3 N–H and O–H groups in total. The molecule has 0 aromatic heterocycles. The second kappa shape index (κ2) is 7.06. The van der Waals surface area contributed by atoms with E-state index in [1.807, 2.05) is 30.3 Å². The molecule has 2 aromatic rings. The van der Waals surface area contributed by atoms with Gasteiger partial charge in [0.05, 0.1) is 4.90 Å². The Morgan fingerprint density at radius 3 is 2.23 bits per heavy atom. The molecule has 22 heavy (non-hydrogen) atoms. The molecule has 0 radical (unpaired) electrons. The van der Waals surface area contributed by atoms with Gasteiger partial charge in [0, 0.05) is 12.2 Å². The van der Waals surface area contributed by atoms with Gasteiger partial charge in [0.15, 0.2) is 9.84 Å². The first-order valence-electron chi connectivity index (χ1n) is 6.55. The maximum absolute atomic E-state index is 11.9. The van der Waals surface area contributed by atoms with E-state index < -0.39 is 21.5 Å². The number of carbonyl (C=O) groups excluding carboxylic acids is 1. The van der Waals surface area contributed by atoms with E-state index >= 15 is 0 Å². The fraction of sp³-hybridized carbons (Fsp3) is 0.133. The van der Waals surface area contributed by atoms with Gasteiger partial charge in [0.1, 0.15) is 5.75 Å². The molecule has 0 bridgehead atoms. The van der Waals surface area contributed by atoms with E-state index in [4.69, 9.17) is 5.21 Å². The smallest absolute Gasteiger partial charge is 0.258 e. The number of carbonyl (C=O) groups is 1. The Morgan fingerprint density at radius 2 is 1.64 bits per heavy atom. The standard InChI is InChI=1S/C15H16N2O4S/c18-15(17-19)11-22(20,21)14-8-6-13(7-9-14)16-10-12-4-2-1-3-5-12/h1-9,16,19H,10-11H2,(H,17,18). The summed E-state index contributed by atoms with van der Waals surface area (Å²) in [5.41, 5.74) is 3.19. The maximum Gasteiger partial charge on any atom is 0.258 e. The summed E-state index contributed by atoms with van der Waals surface area (Å²) in [6, 6.07) is 15.9. The van der Waals surface area contributed by atoms with E-state index in [9.17, 15) is 13.2 Å². The van der Waals surface area contributed by atoms with Crippen molar-refractivity contribution in [3.8, 4) is 0 Å². The van der Waals surface area contributed by atoms with Crippen molar-refractivity contribution in [1.29, 1.82) is 0 Å². The molecule has 0 saturated carbocycles. The highest BCUT2D eigenvalue weighted by Crippen LogP contribution is 2.16. The summed E-state index contributed by atoms with van der Waals surface area (Å²) in [5.74, 6) is -1.76. The van der Waals surface area contributed by atoms with Crippen LogP contribution < -0.4 is 10.8 Å². The quantitative estimate of drug-likeness (QED) is 0.555. The molecule has 0 aliphatic rings. The molecule has 0 aliphatic heterocycles. The molecule has 0 aliphatic carbocycles. The molecule has 0 fully saturated rings. The summed E-state index contributed by atoms with van der Waals surface area (Å²) in [7, 11) is -3.76. The number of hydrogen-bond acceptors (Lipinski definition) is 5. The first kappa shape index (κ1) is 16.0. The first-order chi connectivity index (χ1) is 10.5. The van der Waals surface area contributed by atoms with Crippen molar-refractivity contribution in [3.05, 3.63) is 60.2 Å². The average molecular weight is 320 g/mol. The molecule has 0 spiro atoms. The molecule has 2 rings (SSSR count). The topological polar surface area (TPSA) is 95.5 Å². The van der Waals surface area contributed by atoms with Gasteiger partial charge in [-0.1, -0.05) is 30.3 Å². The van der Waals surface area contributed by atoms with Crippen LogP contribution in [0.5, 0.6) is 0 Å². The first-order valence-corrected chi connectivity index (χ1v) is 8.20. The summed E-state index contributed by atoms with van der Waals surface area (Å²) in [4.78, 5) is 11.0. The van der Waals surface area contributed by atoms with Crippen LogP contribution in [0.15, 0.2) is 59.5 Å². The highest BCUT2D eigenvalue weighted by molar-refractivity contribution is 7.92. The normalized spacial score (nSPS) is 11.0. The fourth-order valence-corrected chi connectivity index (χ4v) is 3.00. The van der Waals surface area contributed by atoms with Gasteiger partial charge in [0.25, 0.3) is 5.91 Å². The predicted octanol–water partition coefficient (Wildman–Crippen LogP) is 1.58. The molecule has 7 heteroatoms. The minimum Gasteiger partial charge on any atom is -0.381 e. The van der Waals surface area contributed by atoms with Crippen LogP contribution in [0.4, 0.5) is 5.69 Å². The summed E-state index contributed by atoms with van der Waals surface area (Å²) in [6.45, 7) is 0.625. The van der Waals surface area contributed by atoms with Crippen LogP contribution in [0.25, 0.3) is 0 Å². The van der Waals surface area contributed by atoms with Crippen molar-refractivity contribution in [2.24, 2.45) is 0 Å². The lowest BCUT2D eigenvalue weighted by Gasteiger charge is -2.08. The number of hydroxylamine groups is 1. The SMILES string of the molecule is O=C(CS(=O)(=O)c1ccc(NCc2ccccc2)cc1)NO. The summed E-state index contributed by atoms with van der Waals surface area (Å²) < 4.78 is 23.8. The largest absolute Gasteiger partial charge is 0.381 e. The van der Waals surface area contributed by atoms with E-state index in [-0.39, 0.29) is 4.90 Å². The van der Waals surface area contributed by atoms with Gasteiger partial charge < -0.3 is 5.32 Å². The summed E-state index contributed by atoms with van der Waals surface area (Å²) in [5, 5.41) is 11.6. The number of hydrogen-bond donors (Lipinski definition) is 3. The lowest BCUT2D eigenvalue weighted by Crippen LogP contribution is -2.27. The number of amides is 1. The molecular formula is C15H16N2O4S. The number of benzene rings is 2. The Morgan fingerprint density at radius 1 is 1.00 bits per heavy atom. The van der Waals surface area contributed by atoms with Crippen LogP contribution in [0, 0.1) is 0 Å². The second-order valence-corrected chi connectivity index (χ2v) is 6.65. The van der Waals surface area contributed by atoms with Crippen LogP contribution in [-0.2, 0) is 21.2 Å². The molecule has 0 saturated heterocycles. The number of sulfone groups is 1.